The minimum absolute atomic E-state index is 0.0244. The first-order valence-electron chi connectivity index (χ1n) is 12.5. The molecule has 0 radical (unpaired) electrons. The van der Waals surface area contributed by atoms with Crippen LogP contribution in [0.15, 0.2) is 0 Å². The van der Waals surface area contributed by atoms with Gasteiger partial charge in [-0.2, -0.15) is 0 Å². The average Bonchev–Trinajstić information content (AvgIpc) is 3.14. The van der Waals surface area contributed by atoms with E-state index in [4.69, 9.17) is 4.98 Å². The number of carbonyl (C=O) groups is 2. The van der Waals surface area contributed by atoms with E-state index < -0.39 is 11.5 Å². The van der Waals surface area contributed by atoms with Gasteiger partial charge >= 0.3 is 0 Å². The van der Waals surface area contributed by atoms with E-state index >= 15 is 0 Å². The first-order chi connectivity index (χ1) is 15.7. The number of anilines is 1. The fourth-order valence-electron chi connectivity index (χ4n) is 6.46. The van der Waals surface area contributed by atoms with Gasteiger partial charge in [0.2, 0.25) is 11.8 Å². The Hall–Kier alpha value is -1.51. The van der Waals surface area contributed by atoms with Crippen molar-refractivity contribution in [1.82, 2.24) is 9.88 Å². The number of hydrogen-bond acceptors (Lipinski definition) is 6. The summed E-state index contributed by atoms with van der Waals surface area (Å²) >= 11 is 1.50. The number of nitrogens with zero attached hydrogens (tertiary/aromatic N) is 2. The minimum atomic E-state index is -0.638. The van der Waals surface area contributed by atoms with E-state index in [0.717, 1.165) is 36.3 Å². The normalized spacial score (nSPS) is 33.6. The summed E-state index contributed by atoms with van der Waals surface area (Å²) in [5, 5.41) is 24.9. The molecule has 0 saturated heterocycles. The zero-order chi connectivity index (χ0) is 24.0. The molecule has 0 unspecified atom stereocenters. The van der Waals surface area contributed by atoms with Gasteiger partial charge in [-0.3, -0.25) is 9.59 Å². The van der Waals surface area contributed by atoms with Crippen LogP contribution in [0, 0.1) is 22.7 Å². The first-order valence-corrected chi connectivity index (χ1v) is 13.4. The molecule has 1 heterocycles. The van der Waals surface area contributed by atoms with Crippen LogP contribution in [0.5, 0.6) is 0 Å². The van der Waals surface area contributed by atoms with Crippen LogP contribution in [0.2, 0.25) is 0 Å². The van der Waals surface area contributed by atoms with E-state index in [1.54, 1.807) is 0 Å². The van der Waals surface area contributed by atoms with Gasteiger partial charge in [-0.25, -0.2) is 4.98 Å². The van der Waals surface area contributed by atoms with Crippen molar-refractivity contribution in [3.63, 3.8) is 0 Å². The van der Waals surface area contributed by atoms with Crippen LogP contribution in [-0.2, 0) is 16.0 Å². The zero-order valence-electron chi connectivity index (χ0n) is 20.4. The summed E-state index contributed by atoms with van der Waals surface area (Å²) in [5.41, 5.74) is 0.0240. The van der Waals surface area contributed by atoms with Crippen LogP contribution < -0.4 is 5.32 Å². The highest BCUT2D eigenvalue weighted by atomic mass is 32.1. The topological polar surface area (TPSA) is 103 Å². The molecule has 7 nitrogen and oxygen atoms in total. The molecular formula is C25H39N3O4S. The molecule has 4 rings (SSSR count). The molecule has 2 saturated carbocycles. The Morgan fingerprint density at radius 2 is 1.91 bits per heavy atom. The van der Waals surface area contributed by atoms with E-state index in [2.05, 4.69) is 12.2 Å². The summed E-state index contributed by atoms with van der Waals surface area (Å²) < 4.78 is 0. The highest BCUT2D eigenvalue weighted by Gasteiger charge is 2.59. The van der Waals surface area contributed by atoms with Gasteiger partial charge in [-0.15, -0.1) is 11.3 Å². The molecule has 2 amide bonds. The highest BCUT2D eigenvalue weighted by Crippen LogP contribution is 2.63. The smallest absolute Gasteiger partial charge is 0.229 e. The number of aromatic nitrogens is 1. The predicted octanol–water partition coefficient (Wildman–Crippen LogP) is 3.56. The Morgan fingerprint density at radius 1 is 1.21 bits per heavy atom. The Bertz CT molecular complexity index is 896. The van der Waals surface area contributed by atoms with Crippen LogP contribution in [0.1, 0.15) is 82.7 Å². The molecule has 1 aromatic heterocycles. The Morgan fingerprint density at radius 3 is 2.48 bits per heavy atom. The van der Waals surface area contributed by atoms with Crippen molar-refractivity contribution in [1.29, 1.82) is 0 Å². The maximum Gasteiger partial charge on any atom is 0.229 e. The lowest BCUT2D eigenvalue weighted by atomic mass is 9.47. The standard InChI is InChI=1S/C25H39N3O4S/c1-5-28(6-2)20(31)12-16-21-17(33-23(26-21)27-22(32)15-8-7-9-15)13-18-24(16,3)11-10-19(30)25(18,4)14-29/h15-16,18-19,29-30H,5-14H2,1-4H3,(H,26,27,32)/t16-,18+,19+,24-,25-/m0/s1. The number of nitrogens with one attached hydrogen (secondary N) is 1. The maximum absolute atomic E-state index is 13.2. The number of carbonyl (C=O) groups excluding carboxylic acids is 2. The summed E-state index contributed by atoms with van der Waals surface area (Å²) in [7, 11) is 0. The predicted molar refractivity (Wildman–Crippen MR) is 129 cm³/mol. The second-order valence-corrected chi connectivity index (χ2v) is 11.8. The van der Waals surface area contributed by atoms with Crippen molar-refractivity contribution >= 4 is 28.3 Å². The monoisotopic (exact) mass is 477 g/mol. The van der Waals surface area contributed by atoms with Gasteiger partial charge in [0.15, 0.2) is 5.13 Å². The van der Waals surface area contributed by atoms with E-state index in [9.17, 15) is 19.8 Å². The van der Waals surface area contributed by atoms with Gasteiger partial charge in [-0.1, -0.05) is 20.3 Å². The van der Waals surface area contributed by atoms with Crippen molar-refractivity contribution < 1.29 is 19.8 Å². The fourth-order valence-corrected chi connectivity index (χ4v) is 7.53. The van der Waals surface area contributed by atoms with Crippen LogP contribution in [0.4, 0.5) is 5.13 Å². The highest BCUT2D eigenvalue weighted by molar-refractivity contribution is 7.15. The lowest BCUT2D eigenvalue weighted by Crippen LogP contribution is -2.57. The molecular weight excluding hydrogens is 438 g/mol. The van der Waals surface area contributed by atoms with Crippen LogP contribution in [0.25, 0.3) is 0 Å². The molecule has 0 aliphatic heterocycles. The van der Waals surface area contributed by atoms with Crippen molar-refractivity contribution in [2.75, 3.05) is 25.0 Å². The average molecular weight is 478 g/mol. The quantitative estimate of drug-likeness (QED) is 0.557. The molecule has 0 aromatic carbocycles. The molecule has 0 spiro atoms. The lowest BCUT2D eigenvalue weighted by molar-refractivity contribution is -0.147. The molecule has 1 aromatic rings. The molecule has 184 valence electrons. The number of amides is 2. The van der Waals surface area contributed by atoms with Crippen molar-refractivity contribution in [3.05, 3.63) is 10.6 Å². The van der Waals surface area contributed by atoms with Gasteiger partial charge in [0.05, 0.1) is 18.4 Å². The van der Waals surface area contributed by atoms with Gasteiger partial charge < -0.3 is 20.4 Å². The Kier molecular flexibility index (Phi) is 6.91. The SMILES string of the molecule is CCN(CC)C(=O)C[C@H]1c2nc(NC(=O)C3CCC3)sc2C[C@H]2[C@](C)(CO)[C@H](O)CC[C@]21C. The number of thiazole rings is 1. The van der Waals surface area contributed by atoms with Crippen molar-refractivity contribution in [2.45, 2.75) is 84.7 Å². The van der Waals surface area contributed by atoms with Crippen molar-refractivity contribution in [2.24, 2.45) is 22.7 Å². The molecule has 5 atom stereocenters. The zero-order valence-corrected chi connectivity index (χ0v) is 21.2. The Balaban J connectivity index is 1.72. The van der Waals surface area contributed by atoms with Gasteiger partial charge in [0.1, 0.15) is 0 Å². The molecule has 3 aliphatic rings. The molecule has 3 aliphatic carbocycles. The van der Waals surface area contributed by atoms with Crippen LogP contribution in [0.3, 0.4) is 0 Å². The summed E-state index contributed by atoms with van der Waals surface area (Å²) in [4.78, 5) is 33.7. The third kappa shape index (κ3) is 4.12. The second-order valence-electron chi connectivity index (χ2n) is 10.7. The summed E-state index contributed by atoms with van der Waals surface area (Å²) in [5.74, 6) is 0.156. The molecule has 3 N–H and O–H groups in total. The van der Waals surface area contributed by atoms with E-state index in [1.807, 2.05) is 25.7 Å². The lowest BCUT2D eigenvalue weighted by Gasteiger charge is -2.58. The first kappa shape index (κ1) is 24.6. The van der Waals surface area contributed by atoms with Gasteiger partial charge in [0.25, 0.3) is 0 Å². The molecule has 2 fully saturated rings. The van der Waals surface area contributed by atoms with E-state index in [0.29, 0.717) is 37.5 Å². The number of aliphatic hydroxyl groups is 2. The third-order valence-corrected chi connectivity index (χ3v) is 10.1. The minimum Gasteiger partial charge on any atom is -0.396 e. The number of hydrogen-bond donors (Lipinski definition) is 3. The van der Waals surface area contributed by atoms with E-state index in [-0.39, 0.29) is 41.6 Å². The summed E-state index contributed by atoms with van der Waals surface area (Å²) in [6, 6.07) is 0. The number of aliphatic hydroxyl groups excluding tert-OH is 2. The third-order valence-electron chi connectivity index (χ3n) is 9.09. The molecule has 8 heteroatoms. The maximum atomic E-state index is 13.2. The second kappa shape index (κ2) is 9.27. The van der Waals surface area contributed by atoms with E-state index in [1.165, 1.54) is 11.3 Å². The fraction of sp³-hybridized carbons (Fsp3) is 0.800. The van der Waals surface area contributed by atoms with Crippen molar-refractivity contribution in [3.8, 4) is 0 Å². The number of rotatable bonds is 7. The number of fused-ring (bicyclic) bond motifs is 2. The molecule has 0 bridgehead atoms. The van der Waals surface area contributed by atoms with Gasteiger partial charge in [-0.05, 0) is 57.3 Å². The van der Waals surface area contributed by atoms with Crippen LogP contribution in [-0.4, -0.2) is 57.7 Å². The Labute approximate surface area is 201 Å². The summed E-state index contributed by atoms with van der Waals surface area (Å²) in [6.07, 6.45) is 4.84. The van der Waals surface area contributed by atoms with Gasteiger partial charge in [0, 0.05) is 41.6 Å². The molecule has 33 heavy (non-hydrogen) atoms. The van der Waals surface area contributed by atoms with Crippen LogP contribution >= 0.6 is 11.3 Å². The summed E-state index contributed by atoms with van der Waals surface area (Å²) in [6.45, 7) is 9.43. The largest absolute Gasteiger partial charge is 0.396 e.